The molecule has 1 aliphatic carbocycles. The van der Waals surface area contributed by atoms with E-state index in [4.69, 9.17) is 4.74 Å². The van der Waals surface area contributed by atoms with Crippen molar-refractivity contribution in [3.8, 4) is 0 Å². The average molecular weight is 430 g/mol. The Kier molecular flexibility index (Phi) is 6.32. The summed E-state index contributed by atoms with van der Waals surface area (Å²) >= 11 is 3.50. The first-order valence-corrected chi connectivity index (χ1v) is 10.1. The predicted molar refractivity (Wildman–Crippen MR) is 110 cm³/mol. The third kappa shape index (κ3) is 4.24. The van der Waals surface area contributed by atoms with E-state index in [-0.39, 0.29) is 5.91 Å². The molecule has 0 saturated carbocycles. The summed E-state index contributed by atoms with van der Waals surface area (Å²) in [4.78, 5) is 27.2. The van der Waals surface area contributed by atoms with Gasteiger partial charge in [-0.2, -0.15) is 0 Å². The molecule has 1 aliphatic heterocycles. The molecule has 0 aromatic heterocycles. The van der Waals surface area contributed by atoms with Crippen molar-refractivity contribution in [1.82, 2.24) is 4.90 Å². The molecule has 0 fully saturated rings. The molecule has 4 nitrogen and oxygen atoms in total. The van der Waals surface area contributed by atoms with E-state index in [9.17, 15) is 9.59 Å². The quantitative estimate of drug-likeness (QED) is 0.375. The van der Waals surface area contributed by atoms with Gasteiger partial charge in [0, 0.05) is 16.7 Å². The number of carbonyl (C=O) groups is 2. The molecule has 0 atom stereocenters. The third-order valence-corrected chi connectivity index (χ3v) is 5.87. The fourth-order valence-electron chi connectivity index (χ4n) is 3.63. The van der Waals surface area contributed by atoms with E-state index in [0.29, 0.717) is 23.4 Å². The fraction of sp³-hybridized carbons (Fsp3) is 0.364. The Morgan fingerprint density at radius 2 is 2.07 bits per heavy atom. The van der Waals surface area contributed by atoms with Gasteiger partial charge in [-0.15, -0.1) is 0 Å². The van der Waals surface area contributed by atoms with Crippen LogP contribution in [0.1, 0.15) is 44.6 Å². The van der Waals surface area contributed by atoms with Crippen LogP contribution >= 0.6 is 15.9 Å². The summed E-state index contributed by atoms with van der Waals surface area (Å²) in [6.07, 6.45) is 9.60. The molecule has 0 bridgehead atoms. The van der Waals surface area contributed by atoms with Gasteiger partial charge in [-0.05, 0) is 56.7 Å². The number of allylic oxidation sites excluding steroid dienone is 2. The Labute approximate surface area is 168 Å². The van der Waals surface area contributed by atoms with Crippen LogP contribution in [-0.2, 0) is 14.3 Å². The van der Waals surface area contributed by atoms with E-state index >= 15 is 0 Å². The highest BCUT2D eigenvalue weighted by atomic mass is 79.9. The standard InChI is InChI=1S/C22H24BrNO3/c1-15-20(22(26)27-2)18(14-17-10-6-7-11-19(17)23)21(25)24(15)13-12-16-8-4-3-5-9-16/h6-8,10-11,14H,3-5,9,12-13H2,1-2H3/b18-14-. The number of benzene rings is 1. The van der Waals surface area contributed by atoms with Crippen molar-refractivity contribution in [2.24, 2.45) is 0 Å². The molecule has 0 spiro atoms. The van der Waals surface area contributed by atoms with Crippen LogP contribution in [0.3, 0.4) is 0 Å². The average Bonchev–Trinajstić information content (AvgIpc) is 2.92. The van der Waals surface area contributed by atoms with Crippen LogP contribution in [-0.4, -0.2) is 30.4 Å². The lowest BCUT2D eigenvalue weighted by Gasteiger charge is -2.20. The molecule has 27 heavy (non-hydrogen) atoms. The zero-order chi connectivity index (χ0) is 19.4. The lowest BCUT2D eigenvalue weighted by Crippen LogP contribution is -2.26. The van der Waals surface area contributed by atoms with Gasteiger partial charge in [-0.25, -0.2) is 4.79 Å². The van der Waals surface area contributed by atoms with E-state index in [1.165, 1.54) is 25.5 Å². The molecule has 0 N–H and O–H groups in total. The largest absolute Gasteiger partial charge is 0.465 e. The van der Waals surface area contributed by atoms with Crippen molar-refractivity contribution in [1.29, 1.82) is 0 Å². The molecule has 1 aromatic rings. The van der Waals surface area contributed by atoms with E-state index in [2.05, 4.69) is 22.0 Å². The summed E-state index contributed by atoms with van der Waals surface area (Å²) in [6, 6.07) is 7.63. The van der Waals surface area contributed by atoms with E-state index in [1.807, 2.05) is 31.2 Å². The first-order chi connectivity index (χ1) is 13.0. The second-order valence-electron chi connectivity index (χ2n) is 6.85. The SMILES string of the molecule is COC(=O)C1=C(C)N(CCC2=CCCCC2)C(=O)/C1=C\c1ccccc1Br. The van der Waals surface area contributed by atoms with Gasteiger partial charge in [0.15, 0.2) is 0 Å². The normalized spacial score (nSPS) is 18.9. The molecule has 3 rings (SSSR count). The number of hydrogen-bond donors (Lipinski definition) is 0. The summed E-state index contributed by atoms with van der Waals surface area (Å²) in [5.74, 6) is -0.612. The monoisotopic (exact) mass is 429 g/mol. The van der Waals surface area contributed by atoms with Crippen LogP contribution < -0.4 is 0 Å². The Hall–Kier alpha value is -2.14. The maximum Gasteiger partial charge on any atom is 0.340 e. The second-order valence-corrected chi connectivity index (χ2v) is 7.70. The first-order valence-electron chi connectivity index (χ1n) is 9.28. The Bertz CT molecular complexity index is 851. The van der Waals surface area contributed by atoms with Crippen molar-refractivity contribution < 1.29 is 14.3 Å². The van der Waals surface area contributed by atoms with Gasteiger partial charge in [0.05, 0.1) is 18.3 Å². The van der Waals surface area contributed by atoms with Gasteiger partial charge in [0.1, 0.15) is 0 Å². The minimum absolute atomic E-state index is 0.139. The summed E-state index contributed by atoms with van der Waals surface area (Å²) in [5.41, 5.74) is 3.68. The number of amides is 1. The number of methoxy groups -OCH3 is 1. The number of rotatable bonds is 5. The first kappa shape index (κ1) is 19.6. The van der Waals surface area contributed by atoms with Gasteiger partial charge in [-0.3, -0.25) is 4.79 Å². The van der Waals surface area contributed by atoms with E-state index in [1.54, 1.807) is 11.0 Å². The van der Waals surface area contributed by atoms with Crippen molar-refractivity contribution in [3.63, 3.8) is 0 Å². The maximum atomic E-state index is 13.1. The van der Waals surface area contributed by atoms with Gasteiger partial charge < -0.3 is 9.64 Å². The molecule has 0 saturated heterocycles. The number of hydrogen-bond acceptors (Lipinski definition) is 3. The summed E-state index contributed by atoms with van der Waals surface area (Å²) in [5, 5.41) is 0. The van der Waals surface area contributed by atoms with Crippen LogP contribution in [0.25, 0.3) is 6.08 Å². The van der Waals surface area contributed by atoms with Crippen molar-refractivity contribution in [2.45, 2.75) is 39.0 Å². The second kappa shape index (κ2) is 8.70. The van der Waals surface area contributed by atoms with Gasteiger partial charge in [0.2, 0.25) is 0 Å². The summed E-state index contributed by atoms with van der Waals surface area (Å²) < 4.78 is 5.83. The van der Waals surface area contributed by atoms with Crippen LogP contribution in [0, 0.1) is 0 Å². The predicted octanol–water partition coefficient (Wildman–Crippen LogP) is 5.01. The number of esters is 1. The zero-order valence-electron chi connectivity index (χ0n) is 15.8. The molecule has 5 heteroatoms. The molecule has 1 amide bonds. The van der Waals surface area contributed by atoms with E-state index < -0.39 is 5.97 Å². The molecular formula is C22H24BrNO3. The highest BCUT2D eigenvalue weighted by Crippen LogP contribution is 2.33. The minimum atomic E-state index is -0.474. The van der Waals surface area contributed by atoms with Crippen LogP contribution in [0.15, 0.2) is 57.2 Å². The Morgan fingerprint density at radius 1 is 1.30 bits per heavy atom. The minimum Gasteiger partial charge on any atom is -0.465 e. The Morgan fingerprint density at radius 3 is 2.74 bits per heavy atom. The highest BCUT2D eigenvalue weighted by Gasteiger charge is 2.36. The molecule has 0 unspecified atom stereocenters. The van der Waals surface area contributed by atoms with Crippen LogP contribution in [0.4, 0.5) is 0 Å². The summed E-state index contributed by atoms with van der Waals surface area (Å²) in [7, 11) is 1.35. The maximum absolute atomic E-state index is 13.1. The fourth-order valence-corrected chi connectivity index (χ4v) is 4.03. The highest BCUT2D eigenvalue weighted by molar-refractivity contribution is 9.10. The number of halogens is 1. The molecule has 142 valence electrons. The number of ether oxygens (including phenoxy) is 1. The smallest absolute Gasteiger partial charge is 0.340 e. The van der Waals surface area contributed by atoms with Crippen molar-refractivity contribution in [3.05, 3.63) is 62.8 Å². The number of carbonyl (C=O) groups excluding carboxylic acids is 2. The third-order valence-electron chi connectivity index (χ3n) is 5.15. The van der Waals surface area contributed by atoms with Crippen molar-refractivity contribution >= 4 is 33.9 Å². The molecule has 0 radical (unpaired) electrons. The van der Waals surface area contributed by atoms with Crippen LogP contribution in [0.5, 0.6) is 0 Å². The lowest BCUT2D eigenvalue weighted by atomic mass is 9.97. The van der Waals surface area contributed by atoms with Gasteiger partial charge in [0.25, 0.3) is 5.91 Å². The van der Waals surface area contributed by atoms with Crippen molar-refractivity contribution in [2.75, 3.05) is 13.7 Å². The molecule has 1 aromatic carbocycles. The molecule has 2 aliphatic rings. The lowest BCUT2D eigenvalue weighted by molar-refractivity contribution is -0.136. The number of nitrogens with zero attached hydrogens (tertiary/aromatic N) is 1. The molecule has 1 heterocycles. The molecular weight excluding hydrogens is 406 g/mol. The van der Waals surface area contributed by atoms with E-state index in [0.717, 1.165) is 29.3 Å². The zero-order valence-corrected chi connectivity index (χ0v) is 17.3. The van der Waals surface area contributed by atoms with Gasteiger partial charge in [-0.1, -0.05) is 45.8 Å². The van der Waals surface area contributed by atoms with Gasteiger partial charge >= 0.3 is 5.97 Å². The summed E-state index contributed by atoms with van der Waals surface area (Å²) in [6.45, 7) is 2.41. The topological polar surface area (TPSA) is 46.6 Å². The Balaban J connectivity index is 1.91. The van der Waals surface area contributed by atoms with Crippen LogP contribution in [0.2, 0.25) is 0 Å².